The van der Waals surface area contributed by atoms with Crippen LogP contribution in [0.25, 0.3) is 0 Å². The number of rotatable bonds is 18. The van der Waals surface area contributed by atoms with Crippen LogP contribution in [-0.2, 0) is 14.5 Å². The first-order valence-electron chi connectivity index (χ1n) is 9.73. The van der Waals surface area contributed by atoms with Gasteiger partial charge in [-0.2, -0.15) is 8.42 Å². The number of unbranched alkanes of at least 4 members (excludes halogenated alkanes) is 15. The standard InChI is InChI=1S/C18H39NO3S.Na.H/c1-2-3-4-5-6-7-8-9-10-11-12-13-14-15-16-17-18-22-23(19,20)21;;/h2-18H2,1H3,(H2,19,20,21);;/q;+1;-1. The minimum Gasteiger partial charge on any atom is -1.00 e. The Labute approximate surface area is 174 Å². The van der Waals surface area contributed by atoms with Crippen molar-refractivity contribution in [3.8, 4) is 0 Å². The average Bonchev–Trinajstić information content (AvgIpc) is 2.49. The summed E-state index contributed by atoms with van der Waals surface area (Å²) < 4.78 is 25.6. The predicted molar refractivity (Wildman–Crippen MR) is 99.7 cm³/mol. The molecule has 0 aromatic carbocycles. The van der Waals surface area contributed by atoms with Gasteiger partial charge in [-0.1, -0.05) is 103 Å². The summed E-state index contributed by atoms with van der Waals surface area (Å²) in [5.74, 6) is 0. The van der Waals surface area contributed by atoms with Crippen LogP contribution in [0.4, 0.5) is 0 Å². The fourth-order valence-electron chi connectivity index (χ4n) is 2.83. The minimum atomic E-state index is -3.74. The summed E-state index contributed by atoms with van der Waals surface area (Å²) in [4.78, 5) is 0. The van der Waals surface area contributed by atoms with E-state index in [0.717, 1.165) is 19.3 Å². The third-order valence-electron chi connectivity index (χ3n) is 4.25. The fourth-order valence-corrected chi connectivity index (χ4v) is 3.18. The van der Waals surface area contributed by atoms with Gasteiger partial charge in [0.2, 0.25) is 0 Å². The van der Waals surface area contributed by atoms with E-state index >= 15 is 0 Å². The SMILES string of the molecule is CCCCCCCCCCCCCCCCCCOS(N)(=O)=O.[H-].[Na+]. The van der Waals surface area contributed by atoms with Crippen LogP contribution in [0, 0.1) is 0 Å². The van der Waals surface area contributed by atoms with E-state index in [4.69, 9.17) is 5.14 Å². The van der Waals surface area contributed by atoms with Crippen molar-refractivity contribution in [2.45, 2.75) is 110 Å². The van der Waals surface area contributed by atoms with Gasteiger partial charge in [0.15, 0.2) is 0 Å². The van der Waals surface area contributed by atoms with E-state index in [2.05, 4.69) is 11.1 Å². The van der Waals surface area contributed by atoms with E-state index in [9.17, 15) is 8.42 Å². The Hall–Kier alpha value is 0.870. The molecule has 4 nitrogen and oxygen atoms in total. The second kappa shape index (κ2) is 20.2. The summed E-state index contributed by atoms with van der Waals surface area (Å²) in [5.41, 5.74) is 0. The molecular weight excluding hydrogens is 333 g/mol. The summed E-state index contributed by atoms with van der Waals surface area (Å²) in [6.45, 7) is 2.49. The van der Waals surface area contributed by atoms with Crippen LogP contribution in [-0.4, -0.2) is 15.0 Å². The predicted octanol–water partition coefficient (Wildman–Crippen LogP) is 2.58. The molecule has 0 rings (SSSR count). The zero-order valence-corrected chi connectivity index (χ0v) is 19.0. The Morgan fingerprint density at radius 1 is 0.667 bits per heavy atom. The maximum atomic E-state index is 10.5. The molecule has 0 saturated heterocycles. The van der Waals surface area contributed by atoms with Crippen molar-refractivity contribution in [2.24, 2.45) is 5.14 Å². The molecule has 0 saturated carbocycles. The Balaban J connectivity index is -0.00000242. The maximum absolute atomic E-state index is 10.5. The van der Waals surface area contributed by atoms with Gasteiger partial charge in [0.1, 0.15) is 0 Å². The molecule has 0 radical (unpaired) electrons. The van der Waals surface area contributed by atoms with Crippen LogP contribution < -0.4 is 34.7 Å². The van der Waals surface area contributed by atoms with E-state index < -0.39 is 10.3 Å². The van der Waals surface area contributed by atoms with Crippen LogP contribution >= 0.6 is 0 Å². The first-order chi connectivity index (χ1) is 11.1. The normalized spacial score (nSPS) is 11.4. The van der Waals surface area contributed by atoms with E-state index in [0.29, 0.717) is 0 Å². The molecule has 2 N–H and O–H groups in total. The van der Waals surface area contributed by atoms with Gasteiger partial charge in [-0.3, -0.25) is 4.18 Å². The molecular formula is C18H40NNaO3S. The number of hydrogen-bond donors (Lipinski definition) is 1. The van der Waals surface area contributed by atoms with Gasteiger partial charge in [-0.05, 0) is 6.42 Å². The van der Waals surface area contributed by atoms with E-state index in [1.165, 1.54) is 83.5 Å². The van der Waals surface area contributed by atoms with E-state index in [1.54, 1.807) is 0 Å². The largest absolute Gasteiger partial charge is 1.00 e. The molecule has 0 fully saturated rings. The smallest absolute Gasteiger partial charge is 1.00 e. The molecule has 0 bridgehead atoms. The van der Waals surface area contributed by atoms with Crippen molar-refractivity contribution in [2.75, 3.05) is 6.61 Å². The Morgan fingerprint density at radius 2 is 0.958 bits per heavy atom. The molecule has 0 unspecified atom stereocenters. The molecule has 0 aromatic rings. The van der Waals surface area contributed by atoms with E-state index in [1.807, 2.05) is 0 Å². The van der Waals surface area contributed by atoms with Crippen molar-refractivity contribution >= 4 is 10.3 Å². The van der Waals surface area contributed by atoms with Gasteiger partial charge < -0.3 is 1.43 Å². The Kier molecular flexibility index (Phi) is 22.8. The summed E-state index contributed by atoms with van der Waals surface area (Å²) in [6.07, 6.45) is 20.8. The molecule has 0 atom stereocenters. The third kappa shape index (κ3) is 25.1. The number of nitrogens with two attached hydrogens (primary N) is 1. The van der Waals surface area contributed by atoms with Gasteiger partial charge in [-0.25, -0.2) is 5.14 Å². The van der Waals surface area contributed by atoms with Crippen molar-refractivity contribution in [3.05, 3.63) is 0 Å². The van der Waals surface area contributed by atoms with Crippen LogP contribution in [0.1, 0.15) is 111 Å². The van der Waals surface area contributed by atoms with E-state index in [-0.39, 0.29) is 37.6 Å². The summed E-state index contributed by atoms with van der Waals surface area (Å²) >= 11 is 0. The first-order valence-corrected chi connectivity index (χ1v) is 11.2. The van der Waals surface area contributed by atoms with Crippen molar-refractivity contribution in [1.29, 1.82) is 0 Å². The molecule has 0 heterocycles. The van der Waals surface area contributed by atoms with Crippen molar-refractivity contribution in [1.82, 2.24) is 0 Å². The summed E-state index contributed by atoms with van der Waals surface area (Å²) in [7, 11) is -3.74. The zero-order chi connectivity index (χ0) is 17.2. The van der Waals surface area contributed by atoms with Crippen LogP contribution in [0.2, 0.25) is 0 Å². The third-order valence-corrected chi connectivity index (χ3v) is 4.74. The fraction of sp³-hybridized carbons (Fsp3) is 1.00. The van der Waals surface area contributed by atoms with Crippen molar-refractivity contribution < 1.29 is 43.6 Å². The van der Waals surface area contributed by atoms with Gasteiger partial charge >= 0.3 is 39.9 Å². The quantitative estimate of drug-likeness (QED) is 0.297. The topological polar surface area (TPSA) is 69.4 Å². The molecule has 6 heteroatoms. The monoisotopic (exact) mass is 373 g/mol. The molecule has 0 aromatic heterocycles. The Bertz CT molecular complexity index is 343. The van der Waals surface area contributed by atoms with Gasteiger partial charge in [-0.15, -0.1) is 0 Å². The first kappa shape index (κ1) is 27.1. The maximum Gasteiger partial charge on any atom is 1.00 e. The Morgan fingerprint density at radius 3 is 1.25 bits per heavy atom. The van der Waals surface area contributed by atoms with Gasteiger partial charge in [0.05, 0.1) is 6.61 Å². The zero-order valence-electron chi connectivity index (χ0n) is 17.2. The summed E-state index contributed by atoms with van der Waals surface area (Å²) in [5, 5.41) is 4.75. The average molecular weight is 374 g/mol. The molecule has 0 aliphatic rings. The van der Waals surface area contributed by atoms with Gasteiger partial charge in [0.25, 0.3) is 0 Å². The molecule has 0 aliphatic heterocycles. The molecule has 0 amide bonds. The summed E-state index contributed by atoms with van der Waals surface area (Å²) in [6, 6.07) is 0. The molecule has 0 spiro atoms. The molecule has 24 heavy (non-hydrogen) atoms. The van der Waals surface area contributed by atoms with Crippen LogP contribution in [0.5, 0.6) is 0 Å². The van der Waals surface area contributed by atoms with Gasteiger partial charge in [0, 0.05) is 0 Å². The number of hydrogen-bond acceptors (Lipinski definition) is 3. The van der Waals surface area contributed by atoms with Crippen LogP contribution in [0.3, 0.4) is 0 Å². The molecule has 0 aliphatic carbocycles. The van der Waals surface area contributed by atoms with Crippen molar-refractivity contribution in [3.63, 3.8) is 0 Å². The second-order valence-electron chi connectivity index (χ2n) is 6.62. The molecule has 142 valence electrons. The second-order valence-corrected chi connectivity index (χ2v) is 7.84. The minimum absolute atomic E-state index is 0. The van der Waals surface area contributed by atoms with Crippen LogP contribution in [0.15, 0.2) is 0 Å².